The molecule has 0 aliphatic heterocycles. The lowest BCUT2D eigenvalue weighted by Crippen LogP contribution is -2.30. The van der Waals surface area contributed by atoms with Crippen molar-refractivity contribution in [1.29, 1.82) is 0 Å². The highest BCUT2D eigenvalue weighted by molar-refractivity contribution is 4.86. The Kier molecular flexibility index (Phi) is 4.09. The number of rotatable bonds is 4. The first kappa shape index (κ1) is 11.7. The molecule has 1 fully saturated rings. The molecule has 0 heterocycles. The number of hydrogen-bond donors (Lipinski definition) is 0. The van der Waals surface area contributed by atoms with E-state index in [2.05, 4.69) is 25.9 Å². The predicted octanol–water partition coefficient (Wildman–Crippen LogP) is 4.14. The second-order valence-corrected chi connectivity index (χ2v) is 4.97. The zero-order chi connectivity index (χ0) is 10.6. The van der Waals surface area contributed by atoms with Gasteiger partial charge >= 0.3 is 0 Å². The molecule has 1 aliphatic carbocycles. The van der Waals surface area contributed by atoms with Crippen molar-refractivity contribution in [3.63, 3.8) is 0 Å². The monoisotopic (exact) mass is 197 g/mol. The molecule has 0 saturated heterocycles. The van der Waals surface area contributed by atoms with Gasteiger partial charge in [-0.25, -0.2) is 0 Å². The van der Waals surface area contributed by atoms with E-state index < -0.39 is 0 Å². The molecule has 1 saturated carbocycles. The van der Waals surface area contributed by atoms with Crippen LogP contribution in [-0.2, 0) is 0 Å². The van der Waals surface area contributed by atoms with E-state index >= 15 is 0 Å². The Bertz CT molecular complexity index is 179. The summed E-state index contributed by atoms with van der Waals surface area (Å²) < 4.78 is 0. The average molecular weight is 197 g/mol. The largest absolute Gasteiger partial charge is 0.151 e. The molecule has 14 heavy (non-hydrogen) atoms. The first-order chi connectivity index (χ1) is 6.66. The van der Waals surface area contributed by atoms with Gasteiger partial charge in [-0.3, -0.25) is 0 Å². The molecule has 82 valence electrons. The van der Waals surface area contributed by atoms with Gasteiger partial charge in [-0.05, 0) is 37.0 Å². The van der Waals surface area contributed by atoms with Gasteiger partial charge < -0.3 is 0 Å². The number of nitroso groups, excluding NO2 is 1. The summed E-state index contributed by atoms with van der Waals surface area (Å²) in [6.07, 6.45) is 6.96. The van der Waals surface area contributed by atoms with E-state index in [1.165, 1.54) is 25.7 Å². The second kappa shape index (κ2) is 4.90. The maximum Gasteiger partial charge on any atom is 0.0920 e. The molecule has 0 aromatic heterocycles. The fourth-order valence-corrected chi connectivity index (χ4v) is 2.71. The van der Waals surface area contributed by atoms with Gasteiger partial charge in [-0.1, -0.05) is 38.8 Å². The molecule has 2 heteroatoms. The minimum absolute atomic E-state index is 0.115. The van der Waals surface area contributed by atoms with Gasteiger partial charge in [0.2, 0.25) is 0 Å². The highest BCUT2D eigenvalue weighted by Gasteiger charge is 2.34. The van der Waals surface area contributed by atoms with E-state index in [9.17, 15) is 4.91 Å². The van der Waals surface area contributed by atoms with Crippen LogP contribution >= 0.6 is 0 Å². The van der Waals surface area contributed by atoms with Gasteiger partial charge in [-0.15, -0.1) is 0 Å². The van der Waals surface area contributed by atoms with Gasteiger partial charge in [0.25, 0.3) is 0 Å². The lowest BCUT2D eigenvalue weighted by Gasteiger charge is -2.39. The smallest absolute Gasteiger partial charge is 0.0920 e. The normalized spacial score (nSPS) is 28.8. The summed E-state index contributed by atoms with van der Waals surface area (Å²) in [7, 11) is 0. The molecule has 0 spiro atoms. The van der Waals surface area contributed by atoms with E-state index in [0.29, 0.717) is 5.41 Å². The van der Waals surface area contributed by atoms with Crippen molar-refractivity contribution in [2.75, 3.05) is 0 Å². The van der Waals surface area contributed by atoms with Gasteiger partial charge in [0.05, 0.1) is 6.04 Å². The minimum atomic E-state index is 0.115. The van der Waals surface area contributed by atoms with Gasteiger partial charge in [-0.2, -0.15) is 4.91 Å². The Hall–Kier alpha value is -0.400. The van der Waals surface area contributed by atoms with Crippen molar-refractivity contribution < 1.29 is 0 Å². The number of hydrogen-bond acceptors (Lipinski definition) is 2. The van der Waals surface area contributed by atoms with E-state index in [1.807, 2.05) is 0 Å². The molecule has 0 unspecified atom stereocenters. The van der Waals surface area contributed by atoms with Crippen LogP contribution in [0.2, 0.25) is 0 Å². The average Bonchev–Trinajstić information content (AvgIpc) is 2.28. The highest BCUT2D eigenvalue weighted by atomic mass is 16.3. The summed E-state index contributed by atoms with van der Waals surface area (Å²) in [5.41, 5.74) is 0.494. The fourth-order valence-electron chi connectivity index (χ4n) is 2.71. The Labute approximate surface area is 87.4 Å². The maximum absolute atomic E-state index is 10.4. The van der Waals surface area contributed by atoms with Crippen LogP contribution in [0.4, 0.5) is 0 Å². The van der Waals surface area contributed by atoms with Crippen molar-refractivity contribution in [1.82, 2.24) is 0 Å². The summed E-state index contributed by atoms with van der Waals surface area (Å²) in [4.78, 5) is 10.4. The summed E-state index contributed by atoms with van der Waals surface area (Å²) in [5, 5.41) is 3.17. The SMILES string of the molecule is CCC(C)(CC)C1CCC(N=O)CC1. The Morgan fingerprint density at radius 1 is 1.14 bits per heavy atom. The third-order valence-corrected chi connectivity index (χ3v) is 4.45. The zero-order valence-electron chi connectivity index (χ0n) is 9.75. The van der Waals surface area contributed by atoms with Crippen LogP contribution in [0.1, 0.15) is 59.3 Å². The highest BCUT2D eigenvalue weighted by Crippen LogP contribution is 2.43. The Balaban J connectivity index is 2.51. The maximum atomic E-state index is 10.4. The van der Waals surface area contributed by atoms with Crippen LogP contribution in [0.3, 0.4) is 0 Å². The molecule has 0 radical (unpaired) electrons. The first-order valence-electron chi connectivity index (χ1n) is 5.98. The van der Waals surface area contributed by atoms with E-state index in [4.69, 9.17) is 0 Å². The van der Waals surface area contributed by atoms with Crippen molar-refractivity contribution in [3.8, 4) is 0 Å². The van der Waals surface area contributed by atoms with Crippen LogP contribution in [0.15, 0.2) is 5.18 Å². The van der Waals surface area contributed by atoms with Crippen LogP contribution < -0.4 is 0 Å². The van der Waals surface area contributed by atoms with E-state index in [0.717, 1.165) is 18.8 Å². The third kappa shape index (κ3) is 2.34. The summed E-state index contributed by atoms with van der Waals surface area (Å²) in [6.45, 7) is 6.97. The molecule has 1 aliphatic rings. The fraction of sp³-hybridized carbons (Fsp3) is 1.00. The van der Waals surface area contributed by atoms with Crippen LogP contribution in [0.25, 0.3) is 0 Å². The Morgan fingerprint density at radius 3 is 2.00 bits per heavy atom. The molecule has 0 bridgehead atoms. The summed E-state index contributed by atoms with van der Waals surface area (Å²) in [6, 6.07) is 0.115. The predicted molar refractivity (Wildman–Crippen MR) is 60.2 cm³/mol. The molecule has 2 nitrogen and oxygen atoms in total. The van der Waals surface area contributed by atoms with Gasteiger partial charge in [0.1, 0.15) is 0 Å². The molecule has 0 amide bonds. The molecular weight excluding hydrogens is 174 g/mol. The molecular formula is C12H23NO. The van der Waals surface area contributed by atoms with Crippen molar-refractivity contribution in [2.45, 2.75) is 65.3 Å². The van der Waals surface area contributed by atoms with Crippen molar-refractivity contribution in [2.24, 2.45) is 16.5 Å². The van der Waals surface area contributed by atoms with Gasteiger partial charge in [0, 0.05) is 0 Å². The van der Waals surface area contributed by atoms with Crippen molar-refractivity contribution in [3.05, 3.63) is 4.91 Å². The molecule has 0 aromatic carbocycles. The Morgan fingerprint density at radius 2 is 1.64 bits per heavy atom. The molecule has 1 rings (SSSR count). The number of nitrogens with zero attached hydrogens (tertiary/aromatic N) is 1. The molecule has 0 aromatic rings. The van der Waals surface area contributed by atoms with Crippen LogP contribution in [0.5, 0.6) is 0 Å². The minimum Gasteiger partial charge on any atom is -0.151 e. The quantitative estimate of drug-likeness (QED) is 0.623. The standard InChI is InChI=1S/C12H23NO/c1-4-12(3,5-2)10-6-8-11(13-14)9-7-10/h10-11H,4-9H2,1-3H3. The van der Waals surface area contributed by atoms with Crippen LogP contribution in [0, 0.1) is 16.2 Å². The van der Waals surface area contributed by atoms with Crippen LogP contribution in [-0.4, -0.2) is 6.04 Å². The van der Waals surface area contributed by atoms with Gasteiger partial charge in [0.15, 0.2) is 0 Å². The van der Waals surface area contributed by atoms with E-state index in [-0.39, 0.29) is 6.04 Å². The molecule has 0 N–H and O–H groups in total. The zero-order valence-corrected chi connectivity index (χ0v) is 9.75. The van der Waals surface area contributed by atoms with Crippen molar-refractivity contribution >= 4 is 0 Å². The lowest BCUT2D eigenvalue weighted by atomic mass is 9.66. The lowest BCUT2D eigenvalue weighted by molar-refractivity contribution is 0.119. The van der Waals surface area contributed by atoms with E-state index in [1.54, 1.807) is 0 Å². The first-order valence-corrected chi connectivity index (χ1v) is 5.98. The topological polar surface area (TPSA) is 29.4 Å². The molecule has 0 atom stereocenters. The summed E-state index contributed by atoms with van der Waals surface area (Å²) >= 11 is 0. The third-order valence-electron chi connectivity index (χ3n) is 4.45. The summed E-state index contributed by atoms with van der Waals surface area (Å²) in [5.74, 6) is 0.815. The second-order valence-electron chi connectivity index (χ2n) is 4.97.